The van der Waals surface area contributed by atoms with Crippen molar-refractivity contribution in [3.05, 3.63) is 58.9 Å². The smallest absolute Gasteiger partial charge is 0.193 e. The highest BCUT2D eigenvalue weighted by Gasteiger charge is 2.22. The quantitative estimate of drug-likeness (QED) is 0.569. The van der Waals surface area contributed by atoms with Crippen LogP contribution in [0.3, 0.4) is 0 Å². The van der Waals surface area contributed by atoms with Crippen LogP contribution >= 0.6 is 11.6 Å². The molecule has 1 aliphatic heterocycles. The molecule has 0 aromatic heterocycles. The molecule has 0 aliphatic carbocycles. The van der Waals surface area contributed by atoms with Crippen molar-refractivity contribution in [1.29, 1.82) is 0 Å². The van der Waals surface area contributed by atoms with Gasteiger partial charge < -0.3 is 20.5 Å². The number of nitrogens with zero attached hydrogens (tertiary/aromatic N) is 2. The number of guanidine groups is 1. The van der Waals surface area contributed by atoms with Gasteiger partial charge >= 0.3 is 0 Å². The summed E-state index contributed by atoms with van der Waals surface area (Å²) in [5.41, 5.74) is 7.78. The Morgan fingerprint density at radius 2 is 2.00 bits per heavy atom. The van der Waals surface area contributed by atoms with E-state index in [-0.39, 0.29) is 17.8 Å². The predicted molar refractivity (Wildman–Crippen MR) is 110 cm³/mol. The van der Waals surface area contributed by atoms with Gasteiger partial charge in [0.1, 0.15) is 11.6 Å². The number of nitrogens with two attached hydrogens (primary N) is 1. The lowest BCUT2D eigenvalue weighted by molar-refractivity contribution is 0.0180. The van der Waals surface area contributed by atoms with Crippen molar-refractivity contribution in [3.63, 3.8) is 0 Å². The topological polar surface area (TPSA) is 72.1 Å². The standard InChI is InChI=1S/C20H24ClFN4O2/c1-27-19-7-6-16(12-17(19)21)25-20(23)24-13-18(26-8-10-28-11-9-26)14-2-4-15(22)5-3-14/h2-7,12,18H,8-11,13H2,1H3,(H3,23,24,25). The van der Waals surface area contributed by atoms with Gasteiger partial charge in [0.25, 0.3) is 0 Å². The second-order valence-electron chi connectivity index (χ2n) is 6.42. The molecule has 1 fully saturated rings. The van der Waals surface area contributed by atoms with E-state index in [1.165, 1.54) is 12.1 Å². The second kappa shape index (κ2) is 9.73. The van der Waals surface area contributed by atoms with Crippen LogP contribution in [0.25, 0.3) is 0 Å². The number of aliphatic imine (C=N–C) groups is 1. The number of rotatable bonds is 6. The summed E-state index contributed by atoms with van der Waals surface area (Å²) in [6, 6.07) is 11.8. The molecule has 2 aromatic rings. The minimum absolute atomic E-state index is 0.00990. The van der Waals surface area contributed by atoms with Crippen molar-refractivity contribution in [2.45, 2.75) is 6.04 Å². The molecule has 1 heterocycles. The number of methoxy groups -OCH3 is 1. The molecule has 0 amide bonds. The molecule has 150 valence electrons. The van der Waals surface area contributed by atoms with E-state index >= 15 is 0 Å². The molecule has 2 aromatic carbocycles. The zero-order valence-corrected chi connectivity index (χ0v) is 16.5. The van der Waals surface area contributed by atoms with Gasteiger partial charge in [0.2, 0.25) is 0 Å². The third-order valence-corrected chi connectivity index (χ3v) is 4.90. The molecule has 8 heteroatoms. The van der Waals surface area contributed by atoms with Crippen LogP contribution in [0.4, 0.5) is 10.1 Å². The number of ether oxygens (including phenoxy) is 2. The highest BCUT2D eigenvalue weighted by molar-refractivity contribution is 6.32. The third-order valence-electron chi connectivity index (χ3n) is 4.60. The lowest BCUT2D eigenvalue weighted by atomic mass is 10.0. The van der Waals surface area contributed by atoms with Crippen molar-refractivity contribution in [3.8, 4) is 5.75 Å². The highest BCUT2D eigenvalue weighted by atomic mass is 35.5. The Morgan fingerprint density at radius 3 is 2.64 bits per heavy atom. The average Bonchev–Trinajstić information content (AvgIpc) is 2.70. The maximum absolute atomic E-state index is 13.3. The van der Waals surface area contributed by atoms with Crippen LogP contribution in [-0.4, -0.2) is 50.8 Å². The van der Waals surface area contributed by atoms with Gasteiger partial charge in [0.05, 0.1) is 37.9 Å². The van der Waals surface area contributed by atoms with Crippen LogP contribution in [0.5, 0.6) is 5.75 Å². The van der Waals surface area contributed by atoms with E-state index in [9.17, 15) is 4.39 Å². The summed E-state index contributed by atoms with van der Waals surface area (Å²) in [5.74, 6) is 0.610. The lowest BCUT2D eigenvalue weighted by Gasteiger charge is -2.34. The van der Waals surface area contributed by atoms with Crippen LogP contribution in [0.2, 0.25) is 5.02 Å². The van der Waals surface area contributed by atoms with E-state index < -0.39 is 0 Å². The first kappa shape index (κ1) is 20.4. The number of hydrogen-bond acceptors (Lipinski definition) is 4. The number of anilines is 1. The summed E-state index contributed by atoms with van der Waals surface area (Å²) in [5, 5.41) is 3.52. The minimum atomic E-state index is -0.259. The second-order valence-corrected chi connectivity index (χ2v) is 6.82. The van der Waals surface area contributed by atoms with Gasteiger partial charge in [-0.05, 0) is 35.9 Å². The Kier molecular flexibility index (Phi) is 7.08. The third kappa shape index (κ3) is 5.34. The minimum Gasteiger partial charge on any atom is -0.495 e. The van der Waals surface area contributed by atoms with Gasteiger partial charge in [-0.15, -0.1) is 0 Å². The van der Waals surface area contributed by atoms with E-state index in [4.69, 9.17) is 26.8 Å². The molecule has 1 atom stereocenters. The van der Waals surface area contributed by atoms with Gasteiger partial charge in [-0.2, -0.15) is 0 Å². The van der Waals surface area contributed by atoms with Gasteiger partial charge in [0, 0.05) is 18.8 Å². The fourth-order valence-corrected chi connectivity index (χ4v) is 3.38. The molecule has 1 saturated heterocycles. The van der Waals surface area contributed by atoms with E-state index in [0.717, 1.165) is 24.3 Å². The SMILES string of the molecule is COc1ccc(NC(N)=NCC(c2ccc(F)cc2)N2CCOCC2)cc1Cl. The van der Waals surface area contributed by atoms with Crippen LogP contribution in [0, 0.1) is 5.82 Å². The largest absolute Gasteiger partial charge is 0.495 e. The summed E-state index contributed by atoms with van der Waals surface area (Å²) in [6.07, 6.45) is 0. The van der Waals surface area contributed by atoms with Crippen molar-refractivity contribution in [2.75, 3.05) is 45.3 Å². The Hall–Kier alpha value is -2.35. The molecule has 0 spiro atoms. The summed E-state index contributed by atoms with van der Waals surface area (Å²) >= 11 is 6.14. The zero-order chi connectivity index (χ0) is 19.9. The van der Waals surface area contributed by atoms with Crippen molar-refractivity contribution >= 4 is 23.2 Å². The average molecular weight is 407 g/mol. The number of benzene rings is 2. The van der Waals surface area contributed by atoms with Gasteiger partial charge in [0.15, 0.2) is 5.96 Å². The van der Waals surface area contributed by atoms with Crippen LogP contribution in [0.15, 0.2) is 47.5 Å². The Morgan fingerprint density at radius 1 is 1.29 bits per heavy atom. The number of nitrogens with one attached hydrogen (secondary N) is 1. The van der Waals surface area contributed by atoms with Gasteiger partial charge in [-0.1, -0.05) is 23.7 Å². The summed E-state index contributed by atoms with van der Waals surface area (Å²) in [4.78, 5) is 6.77. The predicted octanol–water partition coefficient (Wildman–Crippen LogP) is 3.29. The summed E-state index contributed by atoms with van der Waals surface area (Å²) in [7, 11) is 1.56. The molecule has 1 aliphatic rings. The maximum Gasteiger partial charge on any atom is 0.193 e. The normalized spacial score (nSPS) is 16.6. The molecule has 6 nitrogen and oxygen atoms in total. The Bertz CT molecular complexity index is 810. The van der Waals surface area contributed by atoms with Crippen molar-refractivity contribution < 1.29 is 13.9 Å². The van der Waals surface area contributed by atoms with Gasteiger partial charge in [-0.3, -0.25) is 9.89 Å². The molecule has 28 heavy (non-hydrogen) atoms. The fourth-order valence-electron chi connectivity index (χ4n) is 3.12. The monoisotopic (exact) mass is 406 g/mol. The van der Waals surface area contributed by atoms with E-state index in [1.807, 2.05) is 6.07 Å². The van der Waals surface area contributed by atoms with E-state index in [2.05, 4.69) is 15.2 Å². The molecule has 3 rings (SSSR count). The number of hydrogen-bond donors (Lipinski definition) is 2. The molecule has 0 saturated carbocycles. The molecule has 1 unspecified atom stereocenters. The molecule has 0 radical (unpaired) electrons. The fraction of sp³-hybridized carbons (Fsp3) is 0.350. The highest BCUT2D eigenvalue weighted by Crippen LogP contribution is 2.27. The maximum atomic E-state index is 13.3. The molecule has 0 bridgehead atoms. The number of halogens is 2. The molecule has 3 N–H and O–H groups in total. The first-order valence-corrected chi connectivity index (χ1v) is 9.42. The van der Waals surface area contributed by atoms with Crippen molar-refractivity contribution in [1.82, 2.24) is 4.90 Å². The lowest BCUT2D eigenvalue weighted by Crippen LogP contribution is -2.40. The van der Waals surface area contributed by atoms with E-state index in [1.54, 1.807) is 31.4 Å². The van der Waals surface area contributed by atoms with Crippen LogP contribution in [0.1, 0.15) is 11.6 Å². The summed E-state index contributed by atoms with van der Waals surface area (Å²) < 4.78 is 23.9. The number of morpholine rings is 1. The van der Waals surface area contributed by atoms with Crippen LogP contribution in [-0.2, 0) is 4.74 Å². The van der Waals surface area contributed by atoms with Crippen molar-refractivity contribution in [2.24, 2.45) is 10.7 Å². The molecular weight excluding hydrogens is 383 g/mol. The summed E-state index contributed by atoms with van der Waals surface area (Å²) in [6.45, 7) is 3.35. The zero-order valence-electron chi connectivity index (χ0n) is 15.7. The van der Waals surface area contributed by atoms with Gasteiger partial charge in [-0.25, -0.2) is 4.39 Å². The van der Waals surface area contributed by atoms with Crippen LogP contribution < -0.4 is 15.8 Å². The Labute approximate surface area is 169 Å². The first-order valence-electron chi connectivity index (χ1n) is 9.04. The van der Waals surface area contributed by atoms with E-state index in [0.29, 0.717) is 30.5 Å². The first-order chi connectivity index (χ1) is 13.6. The molecular formula is C20H24ClFN4O2. The Balaban J connectivity index is 1.72.